The van der Waals surface area contributed by atoms with Crippen molar-refractivity contribution in [2.45, 2.75) is 44.2 Å². The van der Waals surface area contributed by atoms with E-state index in [1.165, 1.54) is 4.88 Å². The van der Waals surface area contributed by atoms with Gasteiger partial charge in [-0.15, -0.1) is 11.3 Å². The number of carbonyl (C=O) groups excluding carboxylic acids is 2. The van der Waals surface area contributed by atoms with Gasteiger partial charge in [-0.3, -0.25) is 9.69 Å². The second kappa shape index (κ2) is 4.07. The summed E-state index contributed by atoms with van der Waals surface area (Å²) in [5, 5.41) is 2.03. The predicted molar refractivity (Wildman–Crippen MR) is 72.0 cm³/mol. The molecule has 3 aliphatic rings. The molecule has 100 valence electrons. The van der Waals surface area contributed by atoms with Crippen molar-refractivity contribution < 1.29 is 9.59 Å². The molecule has 1 atom stereocenters. The lowest BCUT2D eigenvalue weighted by atomic mass is 10.0. The summed E-state index contributed by atoms with van der Waals surface area (Å²) in [7, 11) is 0. The highest BCUT2D eigenvalue weighted by atomic mass is 32.1. The third-order valence-electron chi connectivity index (χ3n) is 4.58. The van der Waals surface area contributed by atoms with Crippen molar-refractivity contribution in [2.75, 3.05) is 6.54 Å². The van der Waals surface area contributed by atoms with Gasteiger partial charge in [0.1, 0.15) is 6.04 Å². The number of urea groups is 1. The number of imide groups is 1. The van der Waals surface area contributed by atoms with E-state index in [9.17, 15) is 9.59 Å². The van der Waals surface area contributed by atoms with Gasteiger partial charge in [0.2, 0.25) is 0 Å². The molecule has 2 fully saturated rings. The van der Waals surface area contributed by atoms with Crippen LogP contribution in [0, 0.1) is 0 Å². The first-order valence-electron chi connectivity index (χ1n) is 6.97. The summed E-state index contributed by atoms with van der Waals surface area (Å²) in [6, 6.07) is 1.77. The number of fused-ring (bicyclic) bond motifs is 3. The zero-order valence-corrected chi connectivity index (χ0v) is 11.5. The van der Waals surface area contributed by atoms with Crippen LogP contribution in [0.1, 0.15) is 42.2 Å². The molecular formula is C14H16N2O2S. The van der Waals surface area contributed by atoms with Crippen molar-refractivity contribution in [2.24, 2.45) is 0 Å². The summed E-state index contributed by atoms with van der Waals surface area (Å²) in [5.74, 6) is 0.0104. The van der Waals surface area contributed by atoms with Crippen LogP contribution in [0.5, 0.6) is 0 Å². The standard InChI is InChI=1S/C14H16N2O2S/c17-13-12-10-6-8-19-11(10)5-7-15(12)14(18)16(13)9-3-1-2-4-9/h6,8-9,12H,1-5,7H2. The topological polar surface area (TPSA) is 40.6 Å². The van der Waals surface area contributed by atoms with Gasteiger partial charge in [0, 0.05) is 17.5 Å². The van der Waals surface area contributed by atoms with Crippen molar-refractivity contribution in [3.63, 3.8) is 0 Å². The lowest BCUT2D eigenvalue weighted by molar-refractivity contribution is -0.130. The highest BCUT2D eigenvalue weighted by Gasteiger charge is 2.50. The fourth-order valence-corrected chi connectivity index (χ4v) is 4.56. The molecular weight excluding hydrogens is 260 g/mol. The Kier molecular flexibility index (Phi) is 2.45. The number of nitrogens with zero attached hydrogens (tertiary/aromatic N) is 2. The maximum absolute atomic E-state index is 12.7. The summed E-state index contributed by atoms with van der Waals surface area (Å²) in [6.07, 6.45) is 5.12. The minimum Gasteiger partial charge on any atom is -0.308 e. The van der Waals surface area contributed by atoms with Crippen LogP contribution < -0.4 is 0 Å². The monoisotopic (exact) mass is 276 g/mol. The Morgan fingerprint density at radius 3 is 2.79 bits per heavy atom. The number of hydrogen-bond acceptors (Lipinski definition) is 3. The van der Waals surface area contributed by atoms with E-state index in [0.717, 1.165) is 37.7 Å². The van der Waals surface area contributed by atoms with Gasteiger partial charge in [0.05, 0.1) is 0 Å². The summed E-state index contributed by atoms with van der Waals surface area (Å²) in [6.45, 7) is 0.686. The number of hydrogen-bond donors (Lipinski definition) is 0. The van der Waals surface area contributed by atoms with Gasteiger partial charge in [0.15, 0.2) is 0 Å². The van der Waals surface area contributed by atoms with Gasteiger partial charge in [-0.05, 0) is 36.3 Å². The zero-order valence-electron chi connectivity index (χ0n) is 10.7. The molecule has 0 N–H and O–H groups in total. The molecule has 3 heterocycles. The lowest BCUT2D eigenvalue weighted by Crippen LogP contribution is -2.40. The van der Waals surface area contributed by atoms with Crippen LogP contribution in [-0.2, 0) is 11.2 Å². The number of rotatable bonds is 1. The van der Waals surface area contributed by atoms with Crippen LogP contribution >= 0.6 is 11.3 Å². The SMILES string of the molecule is O=C1C2c3ccsc3CCN2C(=O)N1C1CCCC1. The number of carbonyl (C=O) groups is 2. The summed E-state index contributed by atoms with van der Waals surface area (Å²) >= 11 is 1.70. The van der Waals surface area contributed by atoms with Crippen LogP contribution in [0.4, 0.5) is 4.79 Å². The second-order valence-electron chi connectivity index (χ2n) is 5.57. The van der Waals surface area contributed by atoms with Crippen LogP contribution in [0.2, 0.25) is 0 Å². The molecule has 1 saturated carbocycles. The molecule has 1 aromatic rings. The summed E-state index contributed by atoms with van der Waals surface area (Å²) < 4.78 is 0. The number of thiophene rings is 1. The molecule has 0 radical (unpaired) electrons. The van der Waals surface area contributed by atoms with Crippen molar-refractivity contribution in [1.82, 2.24) is 9.80 Å². The van der Waals surface area contributed by atoms with Crippen molar-refractivity contribution >= 4 is 23.3 Å². The maximum atomic E-state index is 12.7. The Labute approximate surface area is 116 Å². The zero-order chi connectivity index (χ0) is 13.0. The third kappa shape index (κ3) is 1.51. The highest BCUT2D eigenvalue weighted by Crippen LogP contribution is 2.41. The van der Waals surface area contributed by atoms with Crippen molar-refractivity contribution in [1.29, 1.82) is 0 Å². The smallest absolute Gasteiger partial charge is 0.308 e. The van der Waals surface area contributed by atoms with E-state index in [4.69, 9.17) is 0 Å². The van der Waals surface area contributed by atoms with Gasteiger partial charge < -0.3 is 4.90 Å². The van der Waals surface area contributed by atoms with Crippen LogP contribution in [0.3, 0.4) is 0 Å². The summed E-state index contributed by atoms with van der Waals surface area (Å²) in [5.41, 5.74) is 1.06. The van der Waals surface area contributed by atoms with E-state index in [0.29, 0.717) is 6.54 Å². The Morgan fingerprint density at radius 2 is 2.00 bits per heavy atom. The molecule has 3 amide bonds. The minimum absolute atomic E-state index is 0.0104. The molecule has 1 aliphatic carbocycles. The molecule has 4 nitrogen and oxygen atoms in total. The minimum atomic E-state index is -0.330. The van der Waals surface area contributed by atoms with E-state index in [1.54, 1.807) is 21.1 Å². The summed E-state index contributed by atoms with van der Waals surface area (Å²) in [4.78, 5) is 29.8. The lowest BCUT2D eigenvalue weighted by Gasteiger charge is -2.26. The number of amides is 3. The van der Waals surface area contributed by atoms with Crippen LogP contribution in [0.15, 0.2) is 11.4 Å². The van der Waals surface area contributed by atoms with Crippen LogP contribution in [-0.4, -0.2) is 34.3 Å². The molecule has 0 aromatic carbocycles. The van der Waals surface area contributed by atoms with E-state index in [-0.39, 0.29) is 24.0 Å². The quantitative estimate of drug-likeness (QED) is 0.740. The molecule has 4 rings (SSSR count). The van der Waals surface area contributed by atoms with E-state index < -0.39 is 0 Å². The fraction of sp³-hybridized carbons (Fsp3) is 0.571. The molecule has 0 spiro atoms. The largest absolute Gasteiger partial charge is 0.328 e. The van der Waals surface area contributed by atoms with Crippen molar-refractivity contribution in [3.05, 3.63) is 21.9 Å². The van der Waals surface area contributed by atoms with Gasteiger partial charge in [0.25, 0.3) is 5.91 Å². The first-order valence-corrected chi connectivity index (χ1v) is 7.85. The average Bonchev–Trinajstić information content (AvgIpc) is 3.10. The maximum Gasteiger partial charge on any atom is 0.328 e. The Morgan fingerprint density at radius 1 is 1.21 bits per heavy atom. The first-order chi connectivity index (χ1) is 9.27. The molecule has 1 saturated heterocycles. The molecule has 1 aromatic heterocycles. The highest BCUT2D eigenvalue weighted by molar-refractivity contribution is 7.10. The van der Waals surface area contributed by atoms with E-state index in [1.807, 2.05) is 11.4 Å². The Balaban J connectivity index is 1.73. The fourth-order valence-electron chi connectivity index (χ4n) is 3.65. The van der Waals surface area contributed by atoms with E-state index >= 15 is 0 Å². The predicted octanol–water partition coefficient (Wildman–Crippen LogP) is 2.55. The van der Waals surface area contributed by atoms with Gasteiger partial charge >= 0.3 is 6.03 Å². The molecule has 0 bridgehead atoms. The van der Waals surface area contributed by atoms with Gasteiger partial charge in [-0.2, -0.15) is 0 Å². The molecule has 2 aliphatic heterocycles. The Bertz CT molecular complexity index is 547. The second-order valence-corrected chi connectivity index (χ2v) is 6.57. The first kappa shape index (κ1) is 11.5. The van der Waals surface area contributed by atoms with Gasteiger partial charge in [-0.1, -0.05) is 12.8 Å². The van der Waals surface area contributed by atoms with Gasteiger partial charge in [-0.25, -0.2) is 4.79 Å². The van der Waals surface area contributed by atoms with E-state index in [2.05, 4.69) is 0 Å². The third-order valence-corrected chi connectivity index (χ3v) is 5.58. The molecule has 5 heteroatoms. The Hall–Kier alpha value is -1.36. The molecule has 1 unspecified atom stereocenters. The van der Waals surface area contributed by atoms with Crippen LogP contribution in [0.25, 0.3) is 0 Å². The average molecular weight is 276 g/mol. The normalized spacial score (nSPS) is 27.1. The molecule has 19 heavy (non-hydrogen) atoms. The van der Waals surface area contributed by atoms with Crippen molar-refractivity contribution in [3.8, 4) is 0 Å².